The van der Waals surface area contributed by atoms with E-state index in [1.807, 2.05) is 60.7 Å². The number of carboxylic acid groups (broad SMARTS) is 1. The lowest BCUT2D eigenvalue weighted by Crippen LogP contribution is -2.61. The zero-order valence-corrected chi connectivity index (χ0v) is 14.5. The van der Waals surface area contributed by atoms with Crippen LogP contribution in [0.15, 0.2) is 60.7 Å². The topological polar surface area (TPSA) is 105 Å². The van der Waals surface area contributed by atoms with E-state index in [2.05, 4.69) is 0 Å². The average Bonchev–Trinajstić information content (AvgIpc) is 2.68. The molecule has 7 heteroatoms. The molecule has 5 atom stereocenters. The minimum absolute atomic E-state index is 0.132. The fourth-order valence-corrected chi connectivity index (χ4v) is 2.95. The molecular formula is C20H22O7. The largest absolute Gasteiger partial charge is 0.479 e. The van der Waals surface area contributed by atoms with E-state index in [1.165, 1.54) is 0 Å². The summed E-state index contributed by atoms with van der Waals surface area (Å²) in [4.78, 5) is 11.3. The van der Waals surface area contributed by atoms with Crippen molar-refractivity contribution in [3.05, 3.63) is 71.8 Å². The molecule has 1 saturated heterocycles. The van der Waals surface area contributed by atoms with Crippen LogP contribution in [0.2, 0.25) is 0 Å². The zero-order chi connectivity index (χ0) is 19.2. The van der Waals surface area contributed by atoms with E-state index in [0.29, 0.717) is 0 Å². The number of carbonyl (C=O) groups is 1. The number of hydrogen-bond acceptors (Lipinski definition) is 6. The predicted octanol–water partition coefficient (Wildman–Crippen LogP) is 1.32. The molecule has 0 aliphatic carbocycles. The monoisotopic (exact) mass is 374 g/mol. The van der Waals surface area contributed by atoms with E-state index in [0.717, 1.165) is 11.1 Å². The molecule has 0 bridgehead atoms. The first-order valence-corrected chi connectivity index (χ1v) is 8.61. The Hall–Kier alpha value is -2.29. The van der Waals surface area contributed by atoms with E-state index in [1.54, 1.807) is 0 Å². The Labute approximate surface area is 156 Å². The number of benzene rings is 2. The summed E-state index contributed by atoms with van der Waals surface area (Å²) in [5.74, 6) is -1.38. The molecule has 0 aromatic heterocycles. The van der Waals surface area contributed by atoms with Crippen LogP contribution in [0.5, 0.6) is 0 Å². The van der Waals surface area contributed by atoms with Crippen LogP contribution in [0.3, 0.4) is 0 Å². The third-order valence-corrected chi connectivity index (χ3v) is 4.35. The van der Waals surface area contributed by atoms with E-state index in [4.69, 9.17) is 14.2 Å². The minimum Gasteiger partial charge on any atom is -0.479 e. The van der Waals surface area contributed by atoms with Crippen molar-refractivity contribution in [2.75, 3.05) is 0 Å². The van der Waals surface area contributed by atoms with Gasteiger partial charge in [-0.1, -0.05) is 60.7 Å². The molecular weight excluding hydrogens is 352 g/mol. The standard InChI is InChI=1S/C20H22O7/c21-15-16(25-11-13-7-3-1-4-8-13)18(20(24)27-17(15)19(22)23)26-12-14-9-5-2-6-10-14/h1-10,15-18,20-21,24H,11-12H2,(H,22,23)/t15-,16+,17+,18-,20?/m1/s1. The van der Waals surface area contributed by atoms with Gasteiger partial charge in [0.25, 0.3) is 0 Å². The summed E-state index contributed by atoms with van der Waals surface area (Å²) in [5, 5.41) is 29.9. The Morgan fingerprint density at radius 1 is 0.852 bits per heavy atom. The summed E-state index contributed by atoms with van der Waals surface area (Å²) in [6, 6.07) is 18.5. The summed E-state index contributed by atoms with van der Waals surface area (Å²) in [5.41, 5.74) is 1.71. The lowest BCUT2D eigenvalue weighted by Gasteiger charge is -2.41. The van der Waals surface area contributed by atoms with E-state index in [9.17, 15) is 20.1 Å². The molecule has 2 aromatic rings. The fourth-order valence-electron chi connectivity index (χ4n) is 2.95. The van der Waals surface area contributed by atoms with Gasteiger partial charge in [-0.3, -0.25) is 0 Å². The summed E-state index contributed by atoms with van der Waals surface area (Å²) >= 11 is 0. The number of hydrogen-bond donors (Lipinski definition) is 3. The quantitative estimate of drug-likeness (QED) is 0.671. The highest BCUT2D eigenvalue weighted by Crippen LogP contribution is 2.27. The smallest absolute Gasteiger partial charge is 0.335 e. The van der Waals surface area contributed by atoms with E-state index >= 15 is 0 Å². The van der Waals surface area contributed by atoms with Crippen molar-refractivity contribution in [1.82, 2.24) is 0 Å². The van der Waals surface area contributed by atoms with Crippen LogP contribution in [-0.4, -0.2) is 52.0 Å². The summed E-state index contributed by atoms with van der Waals surface area (Å²) in [6.45, 7) is 0.286. The van der Waals surface area contributed by atoms with Crippen LogP contribution in [0, 0.1) is 0 Å². The number of ether oxygens (including phenoxy) is 3. The molecule has 1 unspecified atom stereocenters. The maximum atomic E-state index is 11.3. The van der Waals surface area contributed by atoms with Gasteiger partial charge in [0, 0.05) is 0 Å². The van der Waals surface area contributed by atoms with Gasteiger partial charge in [-0.2, -0.15) is 0 Å². The van der Waals surface area contributed by atoms with E-state index < -0.39 is 36.7 Å². The van der Waals surface area contributed by atoms with Crippen molar-refractivity contribution in [2.45, 2.75) is 43.9 Å². The highest BCUT2D eigenvalue weighted by atomic mass is 16.7. The molecule has 1 aliphatic heterocycles. The second-order valence-electron chi connectivity index (χ2n) is 6.30. The number of rotatable bonds is 7. The van der Waals surface area contributed by atoms with Crippen molar-refractivity contribution in [3.8, 4) is 0 Å². The molecule has 0 spiro atoms. The molecule has 27 heavy (non-hydrogen) atoms. The van der Waals surface area contributed by atoms with Gasteiger partial charge in [0.2, 0.25) is 0 Å². The molecule has 0 saturated carbocycles. The minimum atomic E-state index is -1.60. The van der Waals surface area contributed by atoms with Crippen LogP contribution in [-0.2, 0) is 32.2 Å². The van der Waals surface area contributed by atoms with Gasteiger partial charge in [0.15, 0.2) is 12.4 Å². The van der Waals surface area contributed by atoms with Crippen LogP contribution in [0.25, 0.3) is 0 Å². The highest BCUT2D eigenvalue weighted by molar-refractivity contribution is 5.73. The molecule has 2 aromatic carbocycles. The van der Waals surface area contributed by atoms with Crippen LogP contribution in [0.1, 0.15) is 11.1 Å². The first kappa shape index (κ1) is 19.5. The Morgan fingerprint density at radius 3 is 1.81 bits per heavy atom. The Morgan fingerprint density at radius 2 is 1.33 bits per heavy atom. The number of aliphatic carboxylic acids is 1. The Bertz CT molecular complexity index is 722. The third kappa shape index (κ3) is 4.91. The summed E-state index contributed by atoms with van der Waals surface area (Å²) < 4.78 is 16.5. The van der Waals surface area contributed by atoms with Crippen molar-refractivity contribution in [2.24, 2.45) is 0 Å². The first-order chi connectivity index (χ1) is 13.1. The van der Waals surface area contributed by atoms with Crippen molar-refractivity contribution >= 4 is 5.97 Å². The van der Waals surface area contributed by atoms with Gasteiger partial charge in [-0.15, -0.1) is 0 Å². The van der Waals surface area contributed by atoms with Gasteiger partial charge in [-0.05, 0) is 11.1 Å². The number of aliphatic hydroxyl groups is 2. The first-order valence-electron chi connectivity index (χ1n) is 8.61. The van der Waals surface area contributed by atoms with Gasteiger partial charge in [0.05, 0.1) is 13.2 Å². The van der Waals surface area contributed by atoms with Gasteiger partial charge < -0.3 is 29.5 Å². The number of carboxylic acids is 1. The molecule has 0 amide bonds. The third-order valence-electron chi connectivity index (χ3n) is 4.35. The lowest BCUT2D eigenvalue weighted by molar-refractivity contribution is -0.300. The molecule has 144 valence electrons. The van der Waals surface area contributed by atoms with Crippen molar-refractivity contribution < 1.29 is 34.3 Å². The van der Waals surface area contributed by atoms with Crippen LogP contribution in [0.4, 0.5) is 0 Å². The molecule has 7 nitrogen and oxygen atoms in total. The predicted molar refractivity (Wildman–Crippen MR) is 94.6 cm³/mol. The molecule has 1 aliphatic rings. The van der Waals surface area contributed by atoms with Crippen LogP contribution < -0.4 is 0 Å². The maximum absolute atomic E-state index is 11.3. The second-order valence-corrected chi connectivity index (χ2v) is 6.30. The van der Waals surface area contributed by atoms with E-state index in [-0.39, 0.29) is 13.2 Å². The molecule has 3 rings (SSSR count). The normalized spacial score (nSPS) is 28.0. The van der Waals surface area contributed by atoms with Gasteiger partial charge >= 0.3 is 5.97 Å². The lowest BCUT2D eigenvalue weighted by atomic mass is 9.98. The zero-order valence-electron chi connectivity index (χ0n) is 14.5. The molecule has 0 radical (unpaired) electrons. The Kier molecular flexibility index (Phi) is 6.54. The molecule has 1 heterocycles. The van der Waals surface area contributed by atoms with Crippen LogP contribution >= 0.6 is 0 Å². The van der Waals surface area contributed by atoms with Crippen molar-refractivity contribution in [1.29, 1.82) is 0 Å². The fraction of sp³-hybridized carbons (Fsp3) is 0.350. The summed E-state index contributed by atoms with van der Waals surface area (Å²) in [7, 11) is 0. The summed E-state index contributed by atoms with van der Waals surface area (Å²) in [6.07, 6.45) is -6.75. The molecule has 1 fully saturated rings. The van der Waals surface area contributed by atoms with Gasteiger partial charge in [0.1, 0.15) is 18.3 Å². The highest BCUT2D eigenvalue weighted by Gasteiger charge is 2.49. The average molecular weight is 374 g/mol. The second kappa shape index (κ2) is 9.07. The maximum Gasteiger partial charge on any atom is 0.335 e. The SMILES string of the molecule is O=C(O)[C@H]1OC(O)[C@H](OCc2ccccc2)[C@@H](OCc2ccccc2)[C@H]1O. The van der Waals surface area contributed by atoms with Crippen molar-refractivity contribution in [3.63, 3.8) is 0 Å². The number of aliphatic hydroxyl groups excluding tert-OH is 2. The Balaban J connectivity index is 1.73. The molecule has 3 N–H and O–H groups in total. The van der Waals surface area contributed by atoms with Gasteiger partial charge in [-0.25, -0.2) is 4.79 Å².